The highest BCUT2D eigenvalue weighted by Crippen LogP contribution is 2.28. The fraction of sp³-hybridized carbons (Fsp3) is 0.217. The molecule has 0 radical (unpaired) electrons. The molecule has 0 aliphatic carbocycles. The lowest BCUT2D eigenvalue weighted by molar-refractivity contribution is -0.134. The molecular weight excluding hydrogens is 386 g/mol. The average Bonchev–Trinajstić information content (AvgIpc) is 3.15. The second-order valence-electron chi connectivity index (χ2n) is 6.46. The predicted molar refractivity (Wildman–Crippen MR) is 114 cm³/mol. The van der Waals surface area contributed by atoms with Gasteiger partial charge in [-0.1, -0.05) is 42.5 Å². The van der Waals surface area contributed by atoms with E-state index < -0.39 is 11.9 Å². The van der Waals surface area contributed by atoms with Crippen LogP contribution in [0.5, 0.6) is 11.5 Å². The molecule has 0 unspecified atom stereocenters. The van der Waals surface area contributed by atoms with E-state index in [1.165, 1.54) is 11.1 Å². The van der Waals surface area contributed by atoms with Crippen LogP contribution in [-0.2, 0) is 22.7 Å². The summed E-state index contributed by atoms with van der Waals surface area (Å²) in [5.41, 5.74) is 4.01. The zero-order valence-electron chi connectivity index (χ0n) is 16.9. The fourth-order valence-electron chi connectivity index (χ4n) is 2.97. The van der Waals surface area contributed by atoms with Crippen molar-refractivity contribution < 1.29 is 29.3 Å². The molecule has 0 amide bonds. The first-order valence-electron chi connectivity index (χ1n) is 9.24. The van der Waals surface area contributed by atoms with Gasteiger partial charge in [0, 0.05) is 31.8 Å². The van der Waals surface area contributed by atoms with Crippen molar-refractivity contribution in [2.24, 2.45) is 0 Å². The molecule has 0 saturated heterocycles. The SMILES string of the molecule is COc1ccc(C=CCN2Cc3ccccc3C2)cc1OC.O=C(O)/C=C\C(=O)O. The molecule has 158 valence electrons. The summed E-state index contributed by atoms with van der Waals surface area (Å²) >= 11 is 0. The van der Waals surface area contributed by atoms with Crippen LogP contribution in [-0.4, -0.2) is 47.8 Å². The molecule has 0 spiro atoms. The van der Waals surface area contributed by atoms with Crippen LogP contribution < -0.4 is 9.47 Å². The summed E-state index contributed by atoms with van der Waals surface area (Å²) in [5.74, 6) is -0.993. The first-order valence-corrected chi connectivity index (χ1v) is 9.24. The van der Waals surface area contributed by atoms with Crippen LogP contribution in [0.15, 0.2) is 60.7 Å². The van der Waals surface area contributed by atoms with Crippen molar-refractivity contribution in [3.63, 3.8) is 0 Å². The number of carbonyl (C=O) groups is 2. The molecule has 2 aromatic rings. The Hall–Kier alpha value is -3.58. The predicted octanol–water partition coefficient (Wildman–Crippen LogP) is 3.44. The molecule has 7 heteroatoms. The van der Waals surface area contributed by atoms with Crippen LogP contribution >= 0.6 is 0 Å². The fourth-order valence-corrected chi connectivity index (χ4v) is 2.97. The lowest BCUT2D eigenvalue weighted by atomic mass is 10.1. The van der Waals surface area contributed by atoms with Crippen LogP contribution in [0.3, 0.4) is 0 Å². The van der Waals surface area contributed by atoms with Crippen LogP contribution in [0.2, 0.25) is 0 Å². The number of fused-ring (bicyclic) bond motifs is 1. The molecule has 0 saturated carbocycles. The molecule has 0 bridgehead atoms. The maximum atomic E-state index is 9.55. The molecule has 1 aliphatic rings. The van der Waals surface area contributed by atoms with Gasteiger partial charge >= 0.3 is 11.9 Å². The number of aliphatic carboxylic acids is 2. The van der Waals surface area contributed by atoms with Gasteiger partial charge in [0.1, 0.15) is 0 Å². The first kappa shape index (κ1) is 22.7. The summed E-state index contributed by atoms with van der Waals surface area (Å²) in [5, 5.41) is 15.6. The maximum absolute atomic E-state index is 9.55. The highest BCUT2D eigenvalue weighted by Gasteiger charge is 2.16. The molecule has 2 N–H and O–H groups in total. The smallest absolute Gasteiger partial charge is 0.328 e. The quantitative estimate of drug-likeness (QED) is 0.674. The molecule has 0 atom stereocenters. The topological polar surface area (TPSA) is 96.3 Å². The molecule has 3 rings (SSSR count). The van der Waals surface area contributed by atoms with E-state index in [0.29, 0.717) is 12.2 Å². The maximum Gasteiger partial charge on any atom is 0.328 e. The van der Waals surface area contributed by atoms with Crippen molar-refractivity contribution >= 4 is 18.0 Å². The second-order valence-corrected chi connectivity index (χ2v) is 6.46. The van der Waals surface area contributed by atoms with E-state index in [0.717, 1.165) is 36.7 Å². The Morgan fingerprint density at radius 3 is 2.00 bits per heavy atom. The van der Waals surface area contributed by atoms with E-state index in [4.69, 9.17) is 19.7 Å². The number of hydrogen-bond donors (Lipinski definition) is 2. The summed E-state index contributed by atoms with van der Waals surface area (Å²) in [7, 11) is 3.31. The second kappa shape index (κ2) is 11.4. The van der Waals surface area contributed by atoms with Gasteiger partial charge in [-0.15, -0.1) is 0 Å². The van der Waals surface area contributed by atoms with Crippen LogP contribution in [0.1, 0.15) is 16.7 Å². The molecule has 7 nitrogen and oxygen atoms in total. The zero-order chi connectivity index (χ0) is 21.9. The van der Waals surface area contributed by atoms with E-state index in [1.807, 2.05) is 18.2 Å². The van der Waals surface area contributed by atoms with Gasteiger partial charge in [0.25, 0.3) is 0 Å². The Morgan fingerprint density at radius 2 is 1.50 bits per heavy atom. The molecule has 0 aromatic heterocycles. The van der Waals surface area contributed by atoms with Crippen LogP contribution in [0.25, 0.3) is 6.08 Å². The van der Waals surface area contributed by atoms with Crippen molar-refractivity contribution in [1.29, 1.82) is 0 Å². The first-order chi connectivity index (χ1) is 14.4. The number of rotatable bonds is 7. The lowest BCUT2D eigenvalue weighted by Crippen LogP contribution is -2.15. The minimum absolute atomic E-state index is 0.558. The van der Waals surface area contributed by atoms with Crippen molar-refractivity contribution in [2.75, 3.05) is 20.8 Å². The monoisotopic (exact) mass is 411 g/mol. The minimum atomic E-state index is -1.26. The number of carboxylic acid groups (broad SMARTS) is 2. The Balaban J connectivity index is 0.000000343. The van der Waals surface area contributed by atoms with Crippen molar-refractivity contribution in [1.82, 2.24) is 4.90 Å². The Labute approximate surface area is 175 Å². The van der Waals surface area contributed by atoms with Gasteiger partial charge in [0.15, 0.2) is 11.5 Å². The average molecular weight is 411 g/mol. The standard InChI is InChI=1S/C19H21NO2.C4H4O4/c1-21-18-10-9-15(12-19(18)22-2)6-5-11-20-13-16-7-3-4-8-17(16)14-20;5-3(6)1-2-4(7)8/h3-10,12H,11,13-14H2,1-2H3;1-2H,(H,5,6)(H,7,8)/b;2-1-. The van der Waals surface area contributed by atoms with Crippen LogP contribution in [0.4, 0.5) is 0 Å². The normalized spacial score (nSPS) is 13.0. The molecule has 1 aliphatic heterocycles. The van der Waals surface area contributed by atoms with Gasteiger partial charge in [-0.25, -0.2) is 9.59 Å². The molecular formula is C23H25NO6. The molecule has 0 fully saturated rings. The molecule has 1 heterocycles. The summed E-state index contributed by atoms with van der Waals surface area (Å²) in [4.78, 5) is 21.5. The lowest BCUT2D eigenvalue weighted by Gasteiger charge is -2.11. The summed E-state index contributed by atoms with van der Waals surface area (Å²) in [6, 6.07) is 14.6. The van der Waals surface area contributed by atoms with Gasteiger partial charge < -0.3 is 19.7 Å². The van der Waals surface area contributed by atoms with E-state index in [1.54, 1.807) is 14.2 Å². The summed E-state index contributed by atoms with van der Waals surface area (Å²) < 4.78 is 10.6. The van der Waals surface area contributed by atoms with Crippen molar-refractivity contribution in [3.05, 3.63) is 77.4 Å². The third-order valence-electron chi connectivity index (χ3n) is 4.36. The van der Waals surface area contributed by atoms with E-state index >= 15 is 0 Å². The highest BCUT2D eigenvalue weighted by molar-refractivity contribution is 5.89. The largest absolute Gasteiger partial charge is 0.493 e. The minimum Gasteiger partial charge on any atom is -0.493 e. The Kier molecular flexibility index (Phi) is 8.65. The van der Waals surface area contributed by atoms with Gasteiger partial charge in [-0.2, -0.15) is 0 Å². The number of ether oxygens (including phenoxy) is 2. The summed E-state index contributed by atoms with van der Waals surface area (Å²) in [6.07, 6.45) is 5.45. The number of nitrogens with zero attached hydrogens (tertiary/aromatic N) is 1. The van der Waals surface area contributed by atoms with E-state index in [-0.39, 0.29) is 0 Å². The Morgan fingerprint density at radius 1 is 0.933 bits per heavy atom. The van der Waals surface area contributed by atoms with Crippen molar-refractivity contribution in [3.8, 4) is 11.5 Å². The molecule has 30 heavy (non-hydrogen) atoms. The highest BCUT2D eigenvalue weighted by atomic mass is 16.5. The van der Waals surface area contributed by atoms with Crippen molar-refractivity contribution in [2.45, 2.75) is 13.1 Å². The van der Waals surface area contributed by atoms with Gasteiger partial charge in [0.05, 0.1) is 14.2 Å². The molecule has 2 aromatic carbocycles. The van der Waals surface area contributed by atoms with E-state index in [2.05, 4.69) is 41.3 Å². The van der Waals surface area contributed by atoms with E-state index in [9.17, 15) is 9.59 Å². The number of methoxy groups -OCH3 is 2. The van der Waals surface area contributed by atoms with Gasteiger partial charge in [-0.3, -0.25) is 4.90 Å². The van der Waals surface area contributed by atoms with Gasteiger partial charge in [0.2, 0.25) is 0 Å². The Bertz CT molecular complexity index is 894. The van der Waals surface area contributed by atoms with Gasteiger partial charge in [-0.05, 0) is 28.8 Å². The number of benzene rings is 2. The zero-order valence-corrected chi connectivity index (χ0v) is 16.9. The third kappa shape index (κ3) is 7.10. The van der Waals surface area contributed by atoms with Crippen LogP contribution in [0, 0.1) is 0 Å². The number of hydrogen-bond acceptors (Lipinski definition) is 5. The number of carboxylic acids is 2. The summed E-state index contributed by atoms with van der Waals surface area (Å²) in [6.45, 7) is 3.02. The third-order valence-corrected chi connectivity index (χ3v) is 4.36.